The molecule has 174 valence electrons. The van der Waals surface area contributed by atoms with E-state index in [-0.39, 0.29) is 47.3 Å². The van der Waals surface area contributed by atoms with Crippen molar-refractivity contribution in [3.8, 4) is 0 Å². The first-order valence-electron chi connectivity index (χ1n) is 10.8. The maximum absolute atomic E-state index is 13.9. The van der Waals surface area contributed by atoms with Gasteiger partial charge in [0.15, 0.2) is 5.96 Å². The fraction of sp³-hybridized carbons (Fsp3) is 0.636. The quantitative estimate of drug-likeness (QED) is 0.336. The van der Waals surface area contributed by atoms with E-state index in [1.807, 2.05) is 13.0 Å². The highest BCUT2D eigenvalue weighted by Gasteiger charge is 2.35. The maximum atomic E-state index is 13.9. The van der Waals surface area contributed by atoms with Gasteiger partial charge in [-0.25, -0.2) is 9.18 Å². The third-order valence-corrected chi connectivity index (χ3v) is 6.07. The number of piperidine rings is 1. The van der Waals surface area contributed by atoms with E-state index in [0.717, 1.165) is 37.2 Å². The fourth-order valence-electron chi connectivity index (χ4n) is 4.21. The lowest BCUT2D eigenvalue weighted by Crippen LogP contribution is -2.52. The molecule has 0 spiro atoms. The minimum Gasteiger partial charge on any atom is -0.450 e. The highest BCUT2D eigenvalue weighted by atomic mass is 127. The lowest BCUT2D eigenvalue weighted by Gasteiger charge is -2.39. The average molecular weight is 548 g/mol. The average Bonchev–Trinajstić information content (AvgIpc) is 2.78. The molecule has 9 heteroatoms. The van der Waals surface area contributed by atoms with E-state index in [4.69, 9.17) is 9.47 Å². The van der Waals surface area contributed by atoms with E-state index in [2.05, 4.69) is 15.6 Å². The van der Waals surface area contributed by atoms with Gasteiger partial charge in [-0.15, -0.1) is 24.0 Å². The van der Waals surface area contributed by atoms with Gasteiger partial charge in [0.1, 0.15) is 5.82 Å². The van der Waals surface area contributed by atoms with Crippen LogP contribution in [0.2, 0.25) is 0 Å². The summed E-state index contributed by atoms with van der Waals surface area (Å²) < 4.78 is 24.5. The summed E-state index contributed by atoms with van der Waals surface area (Å²) in [5.74, 6) is 0.515. The number of benzene rings is 1. The molecule has 1 aromatic rings. The van der Waals surface area contributed by atoms with Gasteiger partial charge in [0.05, 0.1) is 6.61 Å². The zero-order valence-electron chi connectivity index (χ0n) is 18.4. The van der Waals surface area contributed by atoms with Crippen molar-refractivity contribution in [3.63, 3.8) is 0 Å². The Hall–Kier alpha value is -1.62. The summed E-state index contributed by atoms with van der Waals surface area (Å²) in [4.78, 5) is 18.0. The molecular weight excluding hydrogens is 514 g/mol. The molecule has 3 rings (SSSR count). The van der Waals surface area contributed by atoms with Crippen molar-refractivity contribution in [1.29, 1.82) is 0 Å². The third kappa shape index (κ3) is 6.93. The fourth-order valence-corrected chi connectivity index (χ4v) is 4.21. The van der Waals surface area contributed by atoms with E-state index < -0.39 is 0 Å². The number of carbonyl (C=O) groups is 1. The van der Waals surface area contributed by atoms with E-state index >= 15 is 0 Å². The van der Waals surface area contributed by atoms with Crippen LogP contribution >= 0.6 is 24.0 Å². The Labute approximate surface area is 201 Å². The second-order valence-electron chi connectivity index (χ2n) is 7.93. The Balaban J connectivity index is 0.00000341. The first-order valence-corrected chi connectivity index (χ1v) is 10.8. The first kappa shape index (κ1) is 25.6. The number of likely N-dealkylation sites (tertiary alicyclic amines) is 1. The molecule has 2 saturated heterocycles. The number of rotatable bonds is 5. The van der Waals surface area contributed by atoms with Gasteiger partial charge in [-0.2, -0.15) is 0 Å². The van der Waals surface area contributed by atoms with Crippen LogP contribution in [0.4, 0.5) is 9.18 Å². The molecule has 2 aliphatic heterocycles. The van der Waals surface area contributed by atoms with Crippen molar-refractivity contribution in [2.75, 3.05) is 46.5 Å². The number of amides is 1. The van der Waals surface area contributed by atoms with Gasteiger partial charge in [-0.3, -0.25) is 4.99 Å². The normalized spacial score (nSPS) is 19.3. The second kappa shape index (κ2) is 12.4. The van der Waals surface area contributed by atoms with Gasteiger partial charge in [-0.1, -0.05) is 12.1 Å². The number of guanidine groups is 1. The Morgan fingerprint density at radius 2 is 2.03 bits per heavy atom. The van der Waals surface area contributed by atoms with Crippen LogP contribution in [0.25, 0.3) is 0 Å². The summed E-state index contributed by atoms with van der Waals surface area (Å²) in [6, 6.07) is 7.12. The molecule has 2 heterocycles. The molecule has 0 radical (unpaired) electrons. The second-order valence-corrected chi connectivity index (χ2v) is 7.93. The van der Waals surface area contributed by atoms with Crippen LogP contribution in [-0.4, -0.2) is 69.5 Å². The number of carbonyl (C=O) groups excluding carboxylic acids is 1. The summed E-state index contributed by atoms with van der Waals surface area (Å²) in [5.41, 5.74) is 0.808. The van der Waals surface area contributed by atoms with Gasteiger partial charge in [-0.05, 0) is 50.3 Å². The number of hydrogen-bond acceptors (Lipinski definition) is 4. The van der Waals surface area contributed by atoms with Crippen molar-refractivity contribution in [3.05, 3.63) is 35.6 Å². The van der Waals surface area contributed by atoms with Crippen LogP contribution in [0.3, 0.4) is 0 Å². The van der Waals surface area contributed by atoms with Crippen LogP contribution in [0.5, 0.6) is 0 Å². The molecule has 0 bridgehead atoms. The van der Waals surface area contributed by atoms with Gasteiger partial charge in [0, 0.05) is 51.4 Å². The van der Waals surface area contributed by atoms with Crippen molar-refractivity contribution in [1.82, 2.24) is 15.5 Å². The molecule has 0 unspecified atom stereocenters. The molecule has 1 amide bonds. The van der Waals surface area contributed by atoms with E-state index in [1.165, 1.54) is 6.07 Å². The van der Waals surface area contributed by atoms with Gasteiger partial charge in [0.25, 0.3) is 0 Å². The molecule has 7 nitrogen and oxygen atoms in total. The van der Waals surface area contributed by atoms with Crippen LogP contribution in [0, 0.1) is 5.82 Å². The summed E-state index contributed by atoms with van der Waals surface area (Å²) in [6.45, 7) is 5.52. The zero-order valence-corrected chi connectivity index (χ0v) is 20.7. The summed E-state index contributed by atoms with van der Waals surface area (Å²) in [7, 11) is 1.75. The Morgan fingerprint density at radius 3 is 2.65 bits per heavy atom. The molecule has 2 aliphatic rings. The van der Waals surface area contributed by atoms with Gasteiger partial charge in [0.2, 0.25) is 0 Å². The Kier molecular flexibility index (Phi) is 10.3. The molecule has 1 aromatic carbocycles. The highest BCUT2D eigenvalue weighted by Crippen LogP contribution is 2.34. The highest BCUT2D eigenvalue weighted by molar-refractivity contribution is 14.0. The third-order valence-electron chi connectivity index (χ3n) is 6.07. The number of aliphatic imine (C=N–C) groups is 1. The largest absolute Gasteiger partial charge is 0.450 e. The zero-order chi connectivity index (χ0) is 21.4. The standard InChI is InChI=1S/C22H33FN4O3.HI/c1-3-30-21(28)27-11-7-19(8-12-27)26-20(24-2)25-16-22(9-13-29-14-10-22)17-5-4-6-18(23)15-17;/h4-6,15,19H,3,7-14,16H2,1-2H3,(H2,24,25,26);1H. The molecule has 2 fully saturated rings. The molecule has 0 atom stereocenters. The molecule has 0 aliphatic carbocycles. The minimum atomic E-state index is -0.241. The monoisotopic (exact) mass is 548 g/mol. The molecule has 0 aromatic heterocycles. The maximum Gasteiger partial charge on any atom is 0.409 e. The van der Waals surface area contributed by atoms with Crippen molar-refractivity contribution >= 4 is 36.0 Å². The first-order chi connectivity index (χ1) is 14.6. The van der Waals surface area contributed by atoms with Crippen LogP contribution in [0.1, 0.15) is 38.2 Å². The topological polar surface area (TPSA) is 75.2 Å². The van der Waals surface area contributed by atoms with E-state index in [1.54, 1.807) is 24.1 Å². The number of halogens is 2. The predicted octanol–water partition coefficient (Wildman–Crippen LogP) is 3.28. The van der Waals surface area contributed by atoms with Crippen LogP contribution in [-0.2, 0) is 14.9 Å². The van der Waals surface area contributed by atoms with Crippen molar-refractivity contribution in [2.24, 2.45) is 4.99 Å². The number of nitrogens with one attached hydrogen (secondary N) is 2. The predicted molar refractivity (Wildman–Crippen MR) is 130 cm³/mol. The lowest BCUT2D eigenvalue weighted by atomic mass is 9.74. The van der Waals surface area contributed by atoms with Crippen molar-refractivity contribution < 1.29 is 18.7 Å². The molecule has 31 heavy (non-hydrogen) atoms. The summed E-state index contributed by atoms with van der Waals surface area (Å²) >= 11 is 0. The lowest BCUT2D eigenvalue weighted by molar-refractivity contribution is 0.0512. The van der Waals surface area contributed by atoms with Gasteiger partial charge < -0.3 is 25.0 Å². The van der Waals surface area contributed by atoms with Crippen LogP contribution < -0.4 is 10.6 Å². The number of ether oxygens (including phenoxy) is 2. The van der Waals surface area contributed by atoms with E-state index in [0.29, 0.717) is 39.5 Å². The smallest absolute Gasteiger partial charge is 0.409 e. The number of hydrogen-bond donors (Lipinski definition) is 2. The minimum absolute atomic E-state index is 0. The molecular formula is C22H34FIN4O3. The summed E-state index contributed by atoms with van der Waals surface area (Å²) in [5, 5.41) is 6.93. The molecule has 0 saturated carbocycles. The number of nitrogens with zero attached hydrogens (tertiary/aromatic N) is 2. The van der Waals surface area contributed by atoms with Gasteiger partial charge >= 0.3 is 6.09 Å². The Bertz CT molecular complexity index is 735. The van der Waals surface area contributed by atoms with Crippen molar-refractivity contribution in [2.45, 2.75) is 44.1 Å². The summed E-state index contributed by atoms with van der Waals surface area (Å²) in [6.07, 6.45) is 3.09. The SMILES string of the molecule is CCOC(=O)N1CCC(NC(=NC)NCC2(c3cccc(F)c3)CCOCC2)CC1.I. The Morgan fingerprint density at radius 1 is 1.32 bits per heavy atom. The van der Waals surface area contributed by atoms with E-state index in [9.17, 15) is 9.18 Å². The van der Waals surface area contributed by atoms with Crippen LogP contribution in [0.15, 0.2) is 29.3 Å². The molecule has 2 N–H and O–H groups in total.